The SMILES string of the molecule is O=C(COc1ccccc1)Nc1c[nH]nc1C(=O)Nc1ccccc1. The third-order valence-electron chi connectivity index (χ3n) is 3.27. The molecule has 0 saturated heterocycles. The van der Waals surface area contributed by atoms with Crippen molar-refractivity contribution < 1.29 is 14.3 Å². The van der Waals surface area contributed by atoms with E-state index in [0.29, 0.717) is 11.4 Å². The Hall–Kier alpha value is -3.61. The molecule has 0 fully saturated rings. The molecule has 0 atom stereocenters. The predicted octanol–water partition coefficient (Wildman–Crippen LogP) is 2.68. The van der Waals surface area contributed by atoms with E-state index in [1.807, 2.05) is 36.4 Å². The third kappa shape index (κ3) is 4.44. The molecule has 0 aliphatic carbocycles. The van der Waals surface area contributed by atoms with Gasteiger partial charge in [-0.3, -0.25) is 14.7 Å². The van der Waals surface area contributed by atoms with Crippen LogP contribution in [0, 0.1) is 0 Å². The van der Waals surface area contributed by atoms with Crippen molar-refractivity contribution in [3.05, 3.63) is 72.6 Å². The minimum atomic E-state index is -0.424. The van der Waals surface area contributed by atoms with Crippen LogP contribution in [0.1, 0.15) is 10.5 Å². The standard InChI is InChI=1S/C18H16N4O3/c23-16(12-25-14-9-5-2-6-10-14)21-15-11-19-22-17(15)18(24)20-13-7-3-1-4-8-13/h1-11H,12H2,(H,19,22)(H,20,24)(H,21,23). The highest BCUT2D eigenvalue weighted by Crippen LogP contribution is 2.15. The van der Waals surface area contributed by atoms with Gasteiger partial charge in [0.25, 0.3) is 11.8 Å². The van der Waals surface area contributed by atoms with Crippen molar-refractivity contribution in [2.45, 2.75) is 0 Å². The molecule has 7 nitrogen and oxygen atoms in total. The van der Waals surface area contributed by atoms with E-state index in [9.17, 15) is 9.59 Å². The molecule has 2 amide bonds. The summed E-state index contributed by atoms with van der Waals surface area (Å²) >= 11 is 0. The lowest BCUT2D eigenvalue weighted by Gasteiger charge is -2.08. The van der Waals surface area contributed by atoms with Crippen LogP contribution in [0.3, 0.4) is 0 Å². The van der Waals surface area contributed by atoms with Crippen molar-refractivity contribution in [1.82, 2.24) is 10.2 Å². The lowest BCUT2D eigenvalue weighted by atomic mass is 10.3. The van der Waals surface area contributed by atoms with Gasteiger partial charge in [-0.1, -0.05) is 36.4 Å². The lowest BCUT2D eigenvalue weighted by molar-refractivity contribution is -0.118. The number of ether oxygens (including phenoxy) is 1. The first-order valence-electron chi connectivity index (χ1n) is 7.60. The molecule has 25 heavy (non-hydrogen) atoms. The Morgan fingerprint density at radius 2 is 1.64 bits per heavy atom. The summed E-state index contributed by atoms with van der Waals surface area (Å²) in [7, 11) is 0. The summed E-state index contributed by atoms with van der Waals surface area (Å²) in [5.74, 6) is -0.224. The van der Waals surface area contributed by atoms with Crippen molar-refractivity contribution >= 4 is 23.2 Å². The maximum atomic E-state index is 12.3. The molecule has 2 aromatic carbocycles. The fourth-order valence-corrected chi connectivity index (χ4v) is 2.12. The quantitative estimate of drug-likeness (QED) is 0.645. The summed E-state index contributed by atoms with van der Waals surface area (Å²) in [6.07, 6.45) is 1.44. The van der Waals surface area contributed by atoms with Crippen molar-refractivity contribution in [1.29, 1.82) is 0 Å². The number of benzene rings is 2. The zero-order chi connectivity index (χ0) is 17.5. The van der Waals surface area contributed by atoms with Gasteiger partial charge in [-0.25, -0.2) is 0 Å². The average molecular weight is 336 g/mol. The van der Waals surface area contributed by atoms with Crippen LogP contribution in [0.2, 0.25) is 0 Å². The number of anilines is 2. The van der Waals surface area contributed by atoms with Gasteiger partial charge in [-0.2, -0.15) is 5.10 Å². The topological polar surface area (TPSA) is 96.1 Å². The fourth-order valence-electron chi connectivity index (χ4n) is 2.12. The highest BCUT2D eigenvalue weighted by atomic mass is 16.5. The van der Waals surface area contributed by atoms with Crippen molar-refractivity contribution in [3.8, 4) is 5.75 Å². The molecular formula is C18H16N4O3. The van der Waals surface area contributed by atoms with Gasteiger partial charge in [0.15, 0.2) is 12.3 Å². The van der Waals surface area contributed by atoms with E-state index in [4.69, 9.17) is 4.74 Å². The minimum absolute atomic E-state index is 0.0944. The Labute approximate surface area is 144 Å². The molecule has 0 saturated carbocycles. The molecule has 3 N–H and O–H groups in total. The van der Waals surface area contributed by atoms with Crippen LogP contribution in [0.5, 0.6) is 5.75 Å². The van der Waals surface area contributed by atoms with Crippen LogP contribution >= 0.6 is 0 Å². The Morgan fingerprint density at radius 1 is 0.960 bits per heavy atom. The summed E-state index contributed by atoms with van der Waals surface area (Å²) in [4.78, 5) is 24.3. The number of para-hydroxylation sites is 2. The first-order chi connectivity index (χ1) is 12.2. The molecule has 126 valence electrons. The van der Waals surface area contributed by atoms with E-state index >= 15 is 0 Å². The first-order valence-corrected chi connectivity index (χ1v) is 7.60. The molecule has 0 aliphatic rings. The summed E-state index contributed by atoms with van der Waals surface area (Å²) < 4.78 is 5.37. The number of aromatic amines is 1. The molecule has 3 rings (SSSR count). The average Bonchev–Trinajstić information content (AvgIpc) is 3.10. The number of carbonyl (C=O) groups is 2. The van der Waals surface area contributed by atoms with E-state index in [1.54, 1.807) is 24.3 Å². The Kier molecular flexibility index (Phi) is 5.06. The number of H-pyrrole nitrogens is 1. The van der Waals surface area contributed by atoms with Crippen LogP contribution in [0.25, 0.3) is 0 Å². The molecule has 0 bridgehead atoms. The van der Waals surface area contributed by atoms with Gasteiger partial charge in [0.2, 0.25) is 0 Å². The van der Waals surface area contributed by atoms with Crippen molar-refractivity contribution in [3.63, 3.8) is 0 Å². The predicted molar refractivity (Wildman–Crippen MR) is 93.5 cm³/mol. The van der Waals surface area contributed by atoms with Gasteiger partial charge in [0.1, 0.15) is 5.75 Å². The second kappa shape index (κ2) is 7.78. The van der Waals surface area contributed by atoms with E-state index < -0.39 is 5.91 Å². The summed E-state index contributed by atoms with van der Waals surface area (Å²) in [6, 6.07) is 18.0. The molecule has 1 heterocycles. The monoisotopic (exact) mass is 336 g/mol. The molecule has 3 aromatic rings. The highest BCUT2D eigenvalue weighted by Gasteiger charge is 2.17. The van der Waals surface area contributed by atoms with Crippen LogP contribution in [-0.4, -0.2) is 28.6 Å². The number of hydrogen-bond acceptors (Lipinski definition) is 4. The number of nitrogens with one attached hydrogen (secondary N) is 3. The number of rotatable bonds is 6. The van der Waals surface area contributed by atoms with Crippen LogP contribution in [0.4, 0.5) is 11.4 Å². The normalized spacial score (nSPS) is 10.1. The number of aromatic nitrogens is 2. The maximum Gasteiger partial charge on any atom is 0.278 e. The largest absolute Gasteiger partial charge is 0.484 e. The third-order valence-corrected chi connectivity index (χ3v) is 3.27. The maximum absolute atomic E-state index is 12.3. The van der Waals surface area contributed by atoms with E-state index in [1.165, 1.54) is 6.20 Å². The van der Waals surface area contributed by atoms with E-state index in [2.05, 4.69) is 20.8 Å². The molecule has 0 spiro atoms. The Morgan fingerprint density at radius 3 is 2.36 bits per heavy atom. The minimum Gasteiger partial charge on any atom is -0.484 e. The molecular weight excluding hydrogens is 320 g/mol. The molecule has 0 aliphatic heterocycles. The fraction of sp³-hybridized carbons (Fsp3) is 0.0556. The number of nitrogens with zero attached hydrogens (tertiary/aromatic N) is 1. The second-order valence-corrected chi connectivity index (χ2v) is 5.12. The number of carbonyl (C=O) groups excluding carboxylic acids is 2. The summed E-state index contributed by atoms with van der Waals surface area (Å²) in [5.41, 5.74) is 1.02. The van der Waals surface area contributed by atoms with Gasteiger partial charge in [-0.15, -0.1) is 0 Å². The smallest absolute Gasteiger partial charge is 0.278 e. The highest BCUT2D eigenvalue weighted by molar-refractivity contribution is 6.08. The zero-order valence-electron chi connectivity index (χ0n) is 13.2. The first kappa shape index (κ1) is 16.3. The van der Waals surface area contributed by atoms with Gasteiger partial charge in [0.05, 0.1) is 5.69 Å². The van der Waals surface area contributed by atoms with Gasteiger partial charge in [0, 0.05) is 11.9 Å². The Balaban J connectivity index is 1.59. The van der Waals surface area contributed by atoms with Crippen molar-refractivity contribution in [2.75, 3.05) is 17.2 Å². The van der Waals surface area contributed by atoms with Gasteiger partial charge < -0.3 is 15.4 Å². The van der Waals surface area contributed by atoms with E-state index in [0.717, 1.165) is 0 Å². The Bertz CT molecular complexity index is 847. The van der Waals surface area contributed by atoms with Gasteiger partial charge >= 0.3 is 0 Å². The molecule has 0 radical (unpaired) electrons. The molecule has 0 unspecified atom stereocenters. The lowest BCUT2D eigenvalue weighted by Crippen LogP contribution is -2.22. The van der Waals surface area contributed by atoms with Crippen molar-refractivity contribution in [2.24, 2.45) is 0 Å². The number of hydrogen-bond donors (Lipinski definition) is 3. The van der Waals surface area contributed by atoms with E-state index in [-0.39, 0.29) is 23.9 Å². The molecule has 7 heteroatoms. The van der Waals surface area contributed by atoms with Crippen LogP contribution in [0.15, 0.2) is 66.9 Å². The second-order valence-electron chi connectivity index (χ2n) is 5.12. The van der Waals surface area contributed by atoms with Gasteiger partial charge in [-0.05, 0) is 24.3 Å². The summed E-state index contributed by atoms with van der Waals surface area (Å²) in [5, 5.41) is 11.8. The zero-order valence-corrected chi connectivity index (χ0v) is 13.2. The number of amides is 2. The van der Waals surface area contributed by atoms with Crippen LogP contribution < -0.4 is 15.4 Å². The molecule has 1 aromatic heterocycles. The summed E-state index contributed by atoms with van der Waals surface area (Å²) in [6.45, 7) is -0.172. The van der Waals surface area contributed by atoms with Crippen LogP contribution in [-0.2, 0) is 4.79 Å².